The molecule has 2 heterocycles. The molecule has 0 fully saturated rings. The number of thiazole rings is 1. The largest absolute Gasteiger partial charge is 0.456 e. The lowest BCUT2D eigenvalue weighted by Gasteiger charge is -2.02. The Morgan fingerprint density at radius 2 is 2.05 bits per heavy atom. The van der Waals surface area contributed by atoms with Gasteiger partial charge in [0.15, 0.2) is 5.69 Å². The quantitative estimate of drug-likeness (QED) is 0.686. The molecule has 1 aromatic carbocycles. The molecule has 0 aliphatic rings. The van der Waals surface area contributed by atoms with E-state index in [-0.39, 0.29) is 6.61 Å². The zero-order valence-electron chi connectivity index (χ0n) is 12.2. The fourth-order valence-corrected chi connectivity index (χ4v) is 2.80. The minimum atomic E-state index is -0.446. The summed E-state index contributed by atoms with van der Waals surface area (Å²) in [6.07, 6.45) is 0. The normalized spacial score (nSPS) is 10.6. The molecule has 0 aliphatic heterocycles. The van der Waals surface area contributed by atoms with Crippen molar-refractivity contribution in [2.45, 2.75) is 20.5 Å². The summed E-state index contributed by atoms with van der Waals surface area (Å²) in [6.45, 7) is 3.74. The summed E-state index contributed by atoms with van der Waals surface area (Å²) < 4.78 is 10.3. The summed E-state index contributed by atoms with van der Waals surface area (Å²) in [7, 11) is 0. The summed E-state index contributed by atoms with van der Waals surface area (Å²) in [6, 6.07) is 9.73. The van der Waals surface area contributed by atoms with Crippen molar-refractivity contribution in [1.29, 1.82) is 0 Å². The number of nitrogens with zero attached hydrogens (tertiary/aromatic N) is 2. The Hall–Kier alpha value is -2.47. The summed E-state index contributed by atoms with van der Waals surface area (Å²) in [5.74, 6) is 0.215. The van der Waals surface area contributed by atoms with Gasteiger partial charge in [-0.25, -0.2) is 9.78 Å². The van der Waals surface area contributed by atoms with E-state index in [1.165, 1.54) is 11.3 Å². The molecule has 3 rings (SSSR count). The van der Waals surface area contributed by atoms with Crippen molar-refractivity contribution < 1.29 is 14.1 Å². The Morgan fingerprint density at radius 1 is 1.27 bits per heavy atom. The van der Waals surface area contributed by atoms with Crippen molar-refractivity contribution in [3.05, 3.63) is 58.4 Å². The fraction of sp³-hybridized carbons (Fsp3) is 0.188. The first kappa shape index (κ1) is 14.5. The van der Waals surface area contributed by atoms with E-state index in [9.17, 15) is 4.79 Å². The topological polar surface area (TPSA) is 65.2 Å². The molecule has 0 amide bonds. The van der Waals surface area contributed by atoms with Crippen LogP contribution >= 0.6 is 11.3 Å². The Balaban J connectivity index is 1.70. The van der Waals surface area contributed by atoms with Crippen LogP contribution in [0.4, 0.5) is 0 Å². The average Bonchev–Trinajstić information content (AvgIpc) is 3.14. The lowest BCUT2D eigenvalue weighted by Crippen LogP contribution is -2.06. The van der Waals surface area contributed by atoms with Crippen molar-refractivity contribution in [3.8, 4) is 10.6 Å². The van der Waals surface area contributed by atoms with Crippen LogP contribution in [0.5, 0.6) is 0 Å². The number of aryl methyl sites for hydroxylation is 2. The standard InChI is InChI=1S/C16H14N2O3S/c1-10-13(11(2)21-18-10)8-20-16(19)14-9-22-15(17-14)12-6-4-3-5-7-12/h3-7,9H,8H2,1-2H3. The van der Waals surface area contributed by atoms with Crippen LogP contribution in [0, 0.1) is 13.8 Å². The van der Waals surface area contributed by atoms with E-state index < -0.39 is 5.97 Å². The van der Waals surface area contributed by atoms with Gasteiger partial charge in [-0.15, -0.1) is 11.3 Å². The zero-order chi connectivity index (χ0) is 15.5. The van der Waals surface area contributed by atoms with Gasteiger partial charge in [-0.3, -0.25) is 0 Å². The van der Waals surface area contributed by atoms with Crippen molar-refractivity contribution >= 4 is 17.3 Å². The van der Waals surface area contributed by atoms with Crippen LogP contribution in [0.2, 0.25) is 0 Å². The first-order valence-corrected chi connectivity index (χ1v) is 7.63. The molecular weight excluding hydrogens is 300 g/mol. The lowest BCUT2D eigenvalue weighted by molar-refractivity contribution is 0.0465. The van der Waals surface area contributed by atoms with Crippen LogP contribution in [0.1, 0.15) is 27.5 Å². The van der Waals surface area contributed by atoms with Gasteiger partial charge in [-0.05, 0) is 13.8 Å². The van der Waals surface area contributed by atoms with Crippen molar-refractivity contribution in [2.75, 3.05) is 0 Å². The van der Waals surface area contributed by atoms with E-state index in [1.54, 1.807) is 12.3 Å². The van der Waals surface area contributed by atoms with Crippen LogP contribution in [-0.2, 0) is 11.3 Å². The monoisotopic (exact) mass is 314 g/mol. The number of rotatable bonds is 4. The van der Waals surface area contributed by atoms with Gasteiger partial charge in [0, 0.05) is 10.9 Å². The van der Waals surface area contributed by atoms with Crippen molar-refractivity contribution in [3.63, 3.8) is 0 Å². The molecular formula is C16H14N2O3S. The van der Waals surface area contributed by atoms with Crippen LogP contribution in [-0.4, -0.2) is 16.1 Å². The third-order valence-electron chi connectivity index (χ3n) is 3.26. The Bertz CT molecular complexity index is 773. The maximum absolute atomic E-state index is 12.1. The van der Waals surface area contributed by atoms with E-state index in [1.807, 2.05) is 37.3 Å². The molecule has 0 saturated heterocycles. The molecule has 22 heavy (non-hydrogen) atoms. The number of carbonyl (C=O) groups is 1. The predicted octanol–water partition coefficient (Wildman–Crippen LogP) is 3.77. The van der Waals surface area contributed by atoms with Crippen LogP contribution in [0.25, 0.3) is 10.6 Å². The second-order valence-electron chi connectivity index (χ2n) is 4.78. The highest BCUT2D eigenvalue weighted by molar-refractivity contribution is 7.13. The number of esters is 1. The zero-order valence-corrected chi connectivity index (χ0v) is 13.0. The van der Waals surface area contributed by atoms with Gasteiger partial charge >= 0.3 is 5.97 Å². The fourth-order valence-electron chi connectivity index (χ4n) is 2.00. The molecule has 0 unspecified atom stereocenters. The molecule has 6 heteroatoms. The minimum Gasteiger partial charge on any atom is -0.456 e. The third-order valence-corrected chi connectivity index (χ3v) is 4.15. The highest BCUT2D eigenvalue weighted by Crippen LogP contribution is 2.24. The lowest BCUT2D eigenvalue weighted by atomic mass is 10.2. The van der Waals surface area contributed by atoms with E-state index >= 15 is 0 Å². The maximum Gasteiger partial charge on any atom is 0.358 e. The summed E-state index contributed by atoms with van der Waals surface area (Å²) in [5.41, 5.74) is 2.83. The summed E-state index contributed by atoms with van der Waals surface area (Å²) in [4.78, 5) is 16.4. The van der Waals surface area contributed by atoms with E-state index in [0.29, 0.717) is 11.5 Å². The number of benzene rings is 1. The molecule has 0 aliphatic carbocycles. The van der Waals surface area contributed by atoms with Crippen molar-refractivity contribution in [1.82, 2.24) is 10.1 Å². The molecule has 5 nitrogen and oxygen atoms in total. The number of ether oxygens (including phenoxy) is 1. The van der Waals surface area contributed by atoms with E-state index in [4.69, 9.17) is 9.26 Å². The SMILES string of the molecule is Cc1noc(C)c1COC(=O)c1csc(-c2ccccc2)n1. The van der Waals surface area contributed by atoms with E-state index in [0.717, 1.165) is 21.8 Å². The molecule has 3 aromatic rings. The van der Waals surface area contributed by atoms with Gasteiger partial charge in [-0.1, -0.05) is 35.5 Å². The Morgan fingerprint density at radius 3 is 2.73 bits per heavy atom. The molecule has 112 valence electrons. The Kier molecular flexibility index (Phi) is 4.02. The van der Waals surface area contributed by atoms with Gasteiger partial charge in [0.05, 0.1) is 11.3 Å². The second kappa shape index (κ2) is 6.11. The molecule has 2 aromatic heterocycles. The Labute approximate surface area is 131 Å². The maximum atomic E-state index is 12.1. The summed E-state index contributed by atoms with van der Waals surface area (Å²) in [5, 5.41) is 6.33. The third kappa shape index (κ3) is 2.92. The number of carbonyl (C=O) groups excluding carboxylic acids is 1. The predicted molar refractivity (Wildman–Crippen MR) is 82.6 cm³/mol. The van der Waals surface area contributed by atoms with Gasteiger partial charge in [0.25, 0.3) is 0 Å². The van der Waals surface area contributed by atoms with Crippen LogP contribution in [0.3, 0.4) is 0 Å². The number of aromatic nitrogens is 2. The minimum absolute atomic E-state index is 0.137. The van der Waals surface area contributed by atoms with Crippen LogP contribution in [0.15, 0.2) is 40.2 Å². The van der Waals surface area contributed by atoms with Gasteiger partial charge in [0.1, 0.15) is 17.4 Å². The first-order chi connectivity index (χ1) is 10.6. The second-order valence-corrected chi connectivity index (χ2v) is 5.64. The molecule has 0 spiro atoms. The van der Waals surface area contributed by atoms with Crippen molar-refractivity contribution in [2.24, 2.45) is 0 Å². The molecule has 0 radical (unpaired) electrons. The van der Waals surface area contributed by atoms with Gasteiger partial charge in [-0.2, -0.15) is 0 Å². The van der Waals surface area contributed by atoms with Gasteiger partial charge < -0.3 is 9.26 Å². The van der Waals surface area contributed by atoms with E-state index in [2.05, 4.69) is 10.1 Å². The smallest absolute Gasteiger partial charge is 0.358 e. The molecule has 0 N–H and O–H groups in total. The highest BCUT2D eigenvalue weighted by atomic mass is 32.1. The molecule has 0 bridgehead atoms. The number of hydrogen-bond acceptors (Lipinski definition) is 6. The van der Waals surface area contributed by atoms with Crippen LogP contribution < -0.4 is 0 Å². The summed E-state index contributed by atoms with van der Waals surface area (Å²) >= 11 is 1.42. The highest BCUT2D eigenvalue weighted by Gasteiger charge is 2.16. The molecule has 0 atom stereocenters. The van der Waals surface area contributed by atoms with Gasteiger partial charge in [0.2, 0.25) is 0 Å². The number of hydrogen-bond donors (Lipinski definition) is 0. The average molecular weight is 314 g/mol. The molecule has 0 saturated carbocycles. The first-order valence-electron chi connectivity index (χ1n) is 6.75.